The molecule has 0 radical (unpaired) electrons. The highest BCUT2D eigenvalue weighted by atomic mass is 16.5. The number of aliphatic hydroxyl groups excluding tert-OH is 3. The fourth-order valence-corrected chi connectivity index (χ4v) is 5.58. The van der Waals surface area contributed by atoms with E-state index in [0.29, 0.717) is 28.2 Å². The lowest BCUT2D eigenvalue weighted by Crippen LogP contribution is -2.58. The number of hydrogen-bond donors (Lipinski definition) is 4. The van der Waals surface area contributed by atoms with Gasteiger partial charge >= 0.3 is 0 Å². The van der Waals surface area contributed by atoms with Crippen LogP contribution in [0, 0.1) is 0 Å². The van der Waals surface area contributed by atoms with Gasteiger partial charge in [-0.2, -0.15) is 0 Å². The van der Waals surface area contributed by atoms with Crippen LogP contribution in [0.4, 0.5) is 0 Å². The molecule has 0 aromatic heterocycles. The van der Waals surface area contributed by atoms with Gasteiger partial charge in [-0.25, -0.2) is 0 Å². The van der Waals surface area contributed by atoms with E-state index < -0.39 is 30.1 Å². The van der Waals surface area contributed by atoms with Crippen LogP contribution in [0.25, 0.3) is 0 Å². The maximum Gasteiger partial charge on any atom is 0.249 e. The second-order valence-corrected chi connectivity index (χ2v) is 9.19. The predicted molar refractivity (Wildman–Crippen MR) is 125 cm³/mol. The second kappa shape index (κ2) is 10.9. The first kappa shape index (κ1) is 25.4. The predicted octanol–water partition coefficient (Wildman–Crippen LogP) is 0.228. The van der Waals surface area contributed by atoms with Gasteiger partial charge in [0.15, 0.2) is 11.5 Å². The Labute approximate surface area is 204 Å². The van der Waals surface area contributed by atoms with Gasteiger partial charge in [0.1, 0.15) is 18.8 Å². The summed E-state index contributed by atoms with van der Waals surface area (Å²) in [4.78, 5) is 28.1. The van der Waals surface area contributed by atoms with Crippen molar-refractivity contribution in [3.05, 3.63) is 34.9 Å². The summed E-state index contributed by atoms with van der Waals surface area (Å²) in [6.45, 7) is -0.538. The van der Waals surface area contributed by atoms with Crippen LogP contribution in [0.5, 0.6) is 11.5 Å². The monoisotopic (exact) mass is 490 g/mol. The Hall–Kier alpha value is -2.66. The molecule has 10 nitrogen and oxygen atoms in total. The van der Waals surface area contributed by atoms with Crippen LogP contribution in [0.1, 0.15) is 42.7 Å². The van der Waals surface area contributed by atoms with Crippen molar-refractivity contribution in [1.29, 1.82) is 0 Å². The van der Waals surface area contributed by atoms with Crippen molar-refractivity contribution >= 4 is 11.8 Å². The SMILES string of the molecule is COCC(=O)N(C1CCCC1)C1C=C(C(=O)NCCO)C2c3cc(CO)cc(OC)c3OC2C1O. The van der Waals surface area contributed by atoms with Gasteiger partial charge in [0.05, 0.1) is 32.3 Å². The molecule has 2 amide bonds. The molecule has 1 fully saturated rings. The normalized spacial score (nSPS) is 25.3. The molecule has 0 bridgehead atoms. The third-order valence-electron chi connectivity index (χ3n) is 7.09. The fourth-order valence-electron chi connectivity index (χ4n) is 5.58. The van der Waals surface area contributed by atoms with E-state index in [-0.39, 0.29) is 38.3 Å². The Kier molecular flexibility index (Phi) is 7.95. The molecule has 1 aromatic rings. The molecule has 4 N–H and O–H groups in total. The summed E-state index contributed by atoms with van der Waals surface area (Å²) in [6.07, 6.45) is 3.26. The van der Waals surface area contributed by atoms with Gasteiger partial charge in [0.2, 0.25) is 11.8 Å². The Morgan fingerprint density at radius 3 is 2.57 bits per heavy atom. The molecule has 1 heterocycles. The molecule has 0 saturated heterocycles. The Morgan fingerprint density at radius 2 is 1.94 bits per heavy atom. The molecule has 4 unspecified atom stereocenters. The first-order valence-corrected chi connectivity index (χ1v) is 12.0. The number of carbonyl (C=O) groups excluding carboxylic acids is 2. The molecular weight excluding hydrogens is 456 g/mol. The number of nitrogens with one attached hydrogen (secondary N) is 1. The number of ether oxygens (including phenoxy) is 3. The largest absolute Gasteiger partial charge is 0.493 e. The first-order chi connectivity index (χ1) is 16.9. The van der Waals surface area contributed by atoms with Gasteiger partial charge in [-0.15, -0.1) is 0 Å². The van der Waals surface area contributed by atoms with Crippen molar-refractivity contribution in [2.24, 2.45) is 0 Å². The third kappa shape index (κ3) is 4.75. The molecule has 35 heavy (non-hydrogen) atoms. The summed E-state index contributed by atoms with van der Waals surface area (Å²) >= 11 is 0. The standard InChI is InChI=1S/C25H34N2O8/c1-33-13-20(30)27(15-5-3-4-6-15)18-11-17(25(32)26-7-8-28)21-16-9-14(12-29)10-19(34-2)23(16)35-24(21)22(18)31/h9-11,15,18,21-22,24,28-29,31H,3-8,12-13H2,1-2H3,(H,26,32). The number of hydrogen-bond acceptors (Lipinski definition) is 8. The molecule has 10 heteroatoms. The highest BCUT2D eigenvalue weighted by molar-refractivity contribution is 5.96. The van der Waals surface area contributed by atoms with Crippen molar-refractivity contribution in [3.8, 4) is 11.5 Å². The van der Waals surface area contributed by atoms with Crippen LogP contribution in [-0.4, -0.2) is 90.3 Å². The lowest BCUT2D eigenvalue weighted by molar-refractivity contribution is -0.144. The highest BCUT2D eigenvalue weighted by Gasteiger charge is 2.52. The van der Waals surface area contributed by atoms with Crippen molar-refractivity contribution in [2.45, 2.75) is 62.5 Å². The number of methoxy groups -OCH3 is 2. The number of rotatable bonds is 9. The molecule has 1 saturated carbocycles. The molecular formula is C25H34N2O8. The van der Waals surface area contributed by atoms with Gasteiger partial charge in [-0.05, 0) is 36.6 Å². The van der Waals surface area contributed by atoms with Crippen LogP contribution in [-0.2, 0) is 20.9 Å². The van der Waals surface area contributed by atoms with Gasteiger partial charge in [-0.3, -0.25) is 9.59 Å². The third-order valence-corrected chi connectivity index (χ3v) is 7.09. The number of carbonyl (C=O) groups is 2. The summed E-state index contributed by atoms with van der Waals surface area (Å²) in [5.74, 6) is -0.526. The van der Waals surface area contributed by atoms with Crippen LogP contribution < -0.4 is 14.8 Å². The van der Waals surface area contributed by atoms with E-state index in [9.17, 15) is 24.9 Å². The van der Waals surface area contributed by atoms with E-state index in [0.717, 1.165) is 25.7 Å². The lowest BCUT2D eigenvalue weighted by atomic mass is 9.77. The van der Waals surface area contributed by atoms with E-state index in [4.69, 9.17) is 14.2 Å². The molecule has 4 rings (SSSR count). The molecule has 1 aliphatic heterocycles. The number of benzene rings is 1. The van der Waals surface area contributed by atoms with Gasteiger partial charge in [0.25, 0.3) is 0 Å². The Balaban J connectivity index is 1.81. The average Bonchev–Trinajstić information content (AvgIpc) is 3.52. The van der Waals surface area contributed by atoms with Gasteiger partial charge in [-0.1, -0.05) is 12.8 Å². The van der Waals surface area contributed by atoms with Crippen LogP contribution in [0.2, 0.25) is 0 Å². The van der Waals surface area contributed by atoms with Crippen molar-refractivity contribution < 1.29 is 39.1 Å². The smallest absolute Gasteiger partial charge is 0.249 e. The summed E-state index contributed by atoms with van der Waals surface area (Å²) in [6, 6.07) is 2.52. The summed E-state index contributed by atoms with van der Waals surface area (Å²) in [5.41, 5.74) is 1.54. The zero-order valence-corrected chi connectivity index (χ0v) is 20.1. The zero-order chi connectivity index (χ0) is 25.1. The average molecular weight is 491 g/mol. The zero-order valence-electron chi connectivity index (χ0n) is 20.1. The van der Waals surface area contributed by atoms with Crippen molar-refractivity contribution in [1.82, 2.24) is 10.2 Å². The molecule has 2 aliphatic carbocycles. The number of aliphatic hydroxyl groups is 3. The Bertz CT molecular complexity index is 974. The van der Waals surface area contributed by atoms with Gasteiger partial charge < -0.3 is 39.7 Å². The molecule has 0 spiro atoms. The maximum atomic E-state index is 13.3. The summed E-state index contributed by atoms with van der Waals surface area (Å²) < 4.78 is 16.8. The maximum absolute atomic E-state index is 13.3. The minimum absolute atomic E-state index is 0.0590. The fraction of sp³-hybridized carbons (Fsp3) is 0.600. The van der Waals surface area contributed by atoms with Crippen LogP contribution in [0.3, 0.4) is 0 Å². The minimum Gasteiger partial charge on any atom is -0.493 e. The van der Waals surface area contributed by atoms with E-state index in [1.807, 2.05) is 0 Å². The Morgan fingerprint density at radius 1 is 1.20 bits per heavy atom. The molecule has 3 aliphatic rings. The van der Waals surface area contributed by atoms with E-state index in [1.54, 1.807) is 23.1 Å². The minimum atomic E-state index is -1.12. The quantitative estimate of drug-likeness (QED) is 0.386. The van der Waals surface area contributed by atoms with Crippen LogP contribution in [0.15, 0.2) is 23.8 Å². The lowest BCUT2D eigenvalue weighted by Gasteiger charge is -2.43. The van der Waals surface area contributed by atoms with E-state index >= 15 is 0 Å². The number of amides is 2. The van der Waals surface area contributed by atoms with Crippen molar-refractivity contribution in [2.75, 3.05) is 34.0 Å². The summed E-state index contributed by atoms with van der Waals surface area (Å²) in [5, 5.41) is 33.3. The second-order valence-electron chi connectivity index (χ2n) is 9.19. The topological polar surface area (TPSA) is 138 Å². The molecule has 4 atom stereocenters. The van der Waals surface area contributed by atoms with Gasteiger partial charge in [0, 0.05) is 30.8 Å². The van der Waals surface area contributed by atoms with Crippen molar-refractivity contribution in [3.63, 3.8) is 0 Å². The van der Waals surface area contributed by atoms with E-state index in [1.165, 1.54) is 14.2 Å². The number of fused-ring (bicyclic) bond motifs is 3. The van der Waals surface area contributed by atoms with E-state index in [2.05, 4.69) is 5.32 Å². The highest BCUT2D eigenvalue weighted by Crippen LogP contribution is 2.51. The molecule has 192 valence electrons. The van der Waals surface area contributed by atoms with Crippen LogP contribution >= 0.6 is 0 Å². The summed E-state index contributed by atoms with van der Waals surface area (Å²) in [7, 11) is 2.93. The first-order valence-electron chi connectivity index (χ1n) is 12.0. The molecule has 1 aromatic carbocycles. The number of nitrogens with zero attached hydrogens (tertiary/aromatic N) is 1.